The third-order valence-electron chi connectivity index (χ3n) is 4.39. The predicted octanol–water partition coefficient (Wildman–Crippen LogP) is 3.60. The Morgan fingerprint density at radius 2 is 2.00 bits per heavy atom. The van der Waals surface area contributed by atoms with Crippen LogP contribution in [0, 0.1) is 0 Å². The van der Waals surface area contributed by atoms with Crippen molar-refractivity contribution in [2.75, 3.05) is 5.32 Å². The lowest BCUT2D eigenvalue weighted by Gasteiger charge is -2.18. The fraction of sp³-hybridized carbons (Fsp3) is 0.0952. The zero-order chi connectivity index (χ0) is 19.3. The summed E-state index contributed by atoms with van der Waals surface area (Å²) in [7, 11) is 0. The van der Waals surface area contributed by atoms with E-state index in [1.807, 2.05) is 41.9 Å². The van der Waals surface area contributed by atoms with Crippen LogP contribution in [0.25, 0.3) is 10.9 Å². The van der Waals surface area contributed by atoms with E-state index in [-0.39, 0.29) is 11.8 Å². The van der Waals surface area contributed by atoms with Gasteiger partial charge in [0.2, 0.25) is 5.91 Å². The first kappa shape index (κ1) is 17.9. The van der Waals surface area contributed by atoms with Crippen molar-refractivity contribution in [1.29, 1.82) is 0 Å². The van der Waals surface area contributed by atoms with E-state index in [0.29, 0.717) is 17.0 Å². The molecule has 0 spiro atoms. The Balaban J connectivity index is 1.58. The summed E-state index contributed by atoms with van der Waals surface area (Å²) in [6, 6.07) is 14.2. The molecule has 4 aromatic rings. The number of carbonyl (C=O) groups excluding carboxylic acids is 2. The largest absolute Gasteiger partial charge is 0.361 e. The van der Waals surface area contributed by atoms with Gasteiger partial charge in [0.05, 0.1) is 16.8 Å². The van der Waals surface area contributed by atoms with Gasteiger partial charge in [-0.1, -0.05) is 24.3 Å². The van der Waals surface area contributed by atoms with Gasteiger partial charge in [0.15, 0.2) is 0 Å². The number of nitrogens with one attached hydrogen (secondary N) is 3. The lowest BCUT2D eigenvalue weighted by Crippen LogP contribution is -2.45. The number of aromatic amines is 1. The van der Waals surface area contributed by atoms with E-state index in [1.165, 1.54) is 11.3 Å². The van der Waals surface area contributed by atoms with E-state index in [1.54, 1.807) is 30.6 Å². The number of fused-ring (bicyclic) bond motifs is 1. The van der Waals surface area contributed by atoms with Crippen molar-refractivity contribution < 1.29 is 9.59 Å². The topological polar surface area (TPSA) is 86.9 Å². The molecule has 1 unspecified atom stereocenters. The highest BCUT2D eigenvalue weighted by Crippen LogP contribution is 2.20. The Kier molecular flexibility index (Phi) is 5.16. The van der Waals surface area contributed by atoms with Crippen molar-refractivity contribution in [2.45, 2.75) is 12.5 Å². The van der Waals surface area contributed by atoms with E-state index >= 15 is 0 Å². The van der Waals surface area contributed by atoms with Crippen LogP contribution in [-0.2, 0) is 11.2 Å². The fourth-order valence-corrected chi connectivity index (χ4v) is 3.66. The van der Waals surface area contributed by atoms with Crippen molar-refractivity contribution >= 4 is 39.7 Å². The Morgan fingerprint density at radius 1 is 1.11 bits per heavy atom. The number of para-hydroxylation sites is 1. The van der Waals surface area contributed by atoms with Gasteiger partial charge in [-0.3, -0.25) is 14.6 Å². The number of hydrogen-bond donors (Lipinski definition) is 3. The van der Waals surface area contributed by atoms with Gasteiger partial charge in [-0.2, -0.15) is 0 Å². The first-order valence-electron chi connectivity index (χ1n) is 8.81. The Morgan fingerprint density at radius 3 is 2.79 bits per heavy atom. The minimum Gasteiger partial charge on any atom is -0.361 e. The molecule has 2 amide bonds. The molecule has 3 aromatic heterocycles. The molecule has 0 aliphatic heterocycles. The average Bonchev–Trinajstić information content (AvgIpc) is 3.39. The van der Waals surface area contributed by atoms with Crippen LogP contribution in [0.2, 0.25) is 0 Å². The number of thiophene rings is 1. The van der Waals surface area contributed by atoms with E-state index < -0.39 is 6.04 Å². The van der Waals surface area contributed by atoms with Crippen LogP contribution in [0.5, 0.6) is 0 Å². The highest BCUT2D eigenvalue weighted by Gasteiger charge is 2.23. The third kappa shape index (κ3) is 3.94. The molecule has 0 saturated carbocycles. The van der Waals surface area contributed by atoms with Crippen LogP contribution in [0.4, 0.5) is 5.69 Å². The minimum absolute atomic E-state index is 0.263. The van der Waals surface area contributed by atoms with E-state index in [2.05, 4.69) is 20.6 Å². The molecule has 0 fully saturated rings. The van der Waals surface area contributed by atoms with Crippen molar-refractivity contribution in [3.63, 3.8) is 0 Å². The maximum atomic E-state index is 12.9. The molecule has 3 heterocycles. The van der Waals surface area contributed by atoms with Gasteiger partial charge in [0, 0.05) is 29.7 Å². The number of nitrogens with zero attached hydrogens (tertiary/aromatic N) is 1. The quantitative estimate of drug-likeness (QED) is 0.470. The van der Waals surface area contributed by atoms with Crippen molar-refractivity contribution in [3.8, 4) is 0 Å². The number of hydrogen-bond acceptors (Lipinski definition) is 4. The first-order valence-corrected chi connectivity index (χ1v) is 9.69. The number of benzene rings is 1. The van der Waals surface area contributed by atoms with Gasteiger partial charge in [0.25, 0.3) is 5.91 Å². The number of carbonyl (C=O) groups is 2. The molecular weight excluding hydrogens is 372 g/mol. The summed E-state index contributed by atoms with van der Waals surface area (Å²) in [6.07, 6.45) is 5.46. The van der Waals surface area contributed by atoms with Gasteiger partial charge >= 0.3 is 0 Å². The highest BCUT2D eigenvalue weighted by molar-refractivity contribution is 7.12. The Labute approximate surface area is 165 Å². The van der Waals surface area contributed by atoms with Crippen LogP contribution >= 0.6 is 11.3 Å². The molecule has 1 atom stereocenters. The molecule has 3 N–H and O–H groups in total. The molecule has 140 valence electrons. The van der Waals surface area contributed by atoms with Gasteiger partial charge in [-0.25, -0.2) is 0 Å². The van der Waals surface area contributed by atoms with Crippen molar-refractivity contribution in [2.24, 2.45) is 0 Å². The molecule has 1 aromatic carbocycles. The molecule has 28 heavy (non-hydrogen) atoms. The smallest absolute Gasteiger partial charge is 0.262 e. The average molecular weight is 390 g/mol. The Hall–Kier alpha value is -3.45. The highest BCUT2D eigenvalue weighted by atomic mass is 32.1. The first-order chi connectivity index (χ1) is 13.7. The molecular formula is C21H18N4O2S. The van der Waals surface area contributed by atoms with Gasteiger partial charge in [-0.05, 0) is 35.2 Å². The lowest BCUT2D eigenvalue weighted by molar-refractivity contribution is -0.118. The maximum absolute atomic E-state index is 12.9. The van der Waals surface area contributed by atoms with Gasteiger partial charge < -0.3 is 15.6 Å². The van der Waals surface area contributed by atoms with Crippen molar-refractivity contribution in [1.82, 2.24) is 15.3 Å². The zero-order valence-corrected chi connectivity index (χ0v) is 15.7. The molecule has 0 aliphatic rings. The second kappa shape index (κ2) is 8.06. The molecule has 0 bridgehead atoms. The normalized spacial score (nSPS) is 11.9. The number of aromatic nitrogens is 2. The SMILES string of the molecule is O=C(NC(Cc1c[nH]c2ccccc12)C(=O)Nc1cccnc1)c1cccs1. The summed E-state index contributed by atoms with van der Waals surface area (Å²) in [4.78, 5) is 33.3. The number of pyridine rings is 1. The van der Waals surface area contributed by atoms with Gasteiger partial charge in [0.1, 0.15) is 6.04 Å². The second-order valence-corrected chi connectivity index (χ2v) is 7.25. The molecule has 0 aliphatic carbocycles. The summed E-state index contributed by atoms with van der Waals surface area (Å²) in [5, 5.41) is 8.56. The predicted molar refractivity (Wildman–Crippen MR) is 110 cm³/mol. The fourth-order valence-electron chi connectivity index (χ4n) is 3.03. The molecule has 0 radical (unpaired) electrons. The monoisotopic (exact) mass is 390 g/mol. The van der Waals surface area contributed by atoms with Crippen LogP contribution in [0.1, 0.15) is 15.2 Å². The Bertz CT molecular complexity index is 1090. The third-order valence-corrected chi connectivity index (χ3v) is 5.26. The summed E-state index contributed by atoms with van der Waals surface area (Å²) in [5.74, 6) is -0.552. The van der Waals surface area contributed by atoms with Gasteiger partial charge in [-0.15, -0.1) is 11.3 Å². The van der Waals surface area contributed by atoms with Crippen LogP contribution in [0.3, 0.4) is 0 Å². The molecule has 6 nitrogen and oxygen atoms in total. The molecule has 4 rings (SSSR count). The van der Waals surface area contributed by atoms with E-state index in [0.717, 1.165) is 16.5 Å². The zero-order valence-electron chi connectivity index (χ0n) is 14.9. The van der Waals surface area contributed by atoms with Crippen LogP contribution in [-0.4, -0.2) is 27.8 Å². The summed E-state index contributed by atoms with van der Waals surface area (Å²) in [5.41, 5.74) is 2.55. The van der Waals surface area contributed by atoms with Crippen LogP contribution in [0.15, 0.2) is 72.5 Å². The number of amides is 2. The summed E-state index contributed by atoms with van der Waals surface area (Å²) in [6.45, 7) is 0. The lowest BCUT2D eigenvalue weighted by atomic mass is 10.0. The number of anilines is 1. The number of H-pyrrole nitrogens is 1. The van der Waals surface area contributed by atoms with Crippen LogP contribution < -0.4 is 10.6 Å². The van der Waals surface area contributed by atoms with E-state index in [4.69, 9.17) is 0 Å². The number of rotatable bonds is 6. The van der Waals surface area contributed by atoms with Crippen molar-refractivity contribution in [3.05, 3.63) is 82.9 Å². The summed E-state index contributed by atoms with van der Waals surface area (Å²) >= 11 is 1.34. The molecule has 0 saturated heterocycles. The minimum atomic E-state index is -0.728. The summed E-state index contributed by atoms with van der Waals surface area (Å²) < 4.78 is 0. The standard InChI is InChI=1S/C21H18N4O2S/c26-20(24-15-5-3-9-22-13-15)18(25-21(27)19-8-4-10-28-19)11-14-12-23-17-7-2-1-6-16(14)17/h1-10,12-13,18,23H,11H2,(H,24,26)(H,25,27). The maximum Gasteiger partial charge on any atom is 0.262 e. The molecule has 7 heteroatoms. The van der Waals surface area contributed by atoms with E-state index in [9.17, 15) is 9.59 Å². The second-order valence-electron chi connectivity index (χ2n) is 6.30.